The topological polar surface area (TPSA) is 46.3 Å². The average Bonchev–Trinajstić information content (AvgIpc) is 2.41. The zero-order valence-electron chi connectivity index (χ0n) is 11.3. The number of hydrogen-bond donors (Lipinski definition) is 1. The van der Waals surface area contributed by atoms with E-state index in [0.717, 1.165) is 31.4 Å². The van der Waals surface area contributed by atoms with Gasteiger partial charge in [-0.15, -0.1) is 0 Å². The van der Waals surface area contributed by atoms with E-state index < -0.39 is 0 Å². The Balaban J connectivity index is 2.63. The Kier molecular flexibility index (Phi) is 7.11. The van der Waals surface area contributed by atoms with Crippen molar-refractivity contribution >= 4 is 11.6 Å². The van der Waals surface area contributed by atoms with Gasteiger partial charge in [0.15, 0.2) is 0 Å². The van der Waals surface area contributed by atoms with Gasteiger partial charge < -0.3 is 10.6 Å². The smallest absolute Gasteiger partial charge is 0.226 e. The number of anilines is 1. The number of para-hydroxylation sites is 1. The van der Waals surface area contributed by atoms with Crippen LogP contribution in [-0.2, 0) is 4.79 Å². The van der Waals surface area contributed by atoms with Gasteiger partial charge in [0.1, 0.15) is 0 Å². The maximum absolute atomic E-state index is 12.2. The van der Waals surface area contributed by atoms with Crippen LogP contribution >= 0.6 is 0 Å². The van der Waals surface area contributed by atoms with Gasteiger partial charge in [0.2, 0.25) is 5.91 Å². The minimum Gasteiger partial charge on any atom is -0.330 e. The third-order valence-corrected chi connectivity index (χ3v) is 2.95. The first-order valence-corrected chi connectivity index (χ1v) is 6.85. The van der Waals surface area contributed by atoms with Gasteiger partial charge in [0.05, 0.1) is 0 Å². The van der Waals surface area contributed by atoms with Crippen molar-refractivity contribution in [3.8, 4) is 0 Å². The summed E-state index contributed by atoms with van der Waals surface area (Å²) < 4.78 is 0. The second kappa shape index (κ2) is 8.70. The summed E-state index contributed by atoms with van der Waals surface area (Å²) in [7, 11) is 0. The van der Waals surface area contributed by atoms with E-state index in [0.29, 0.717) is 19.5 Å². The van der Waals surface area contributed by atoms with Gasteiger partial charge in [-0.2, -0.15) is 0 Å². The number of unbranched alkanes of at least 4 members (excludes halogenated alkanes) is 2. The van der Waals surface area contributed by atoms with E-state index in [4.69, 9.17) is 5.73 Å². The van der Waals surface area contributed by atoms with Crippen molar-refractivity contribution in [2.24, 2.45) is 5.73 Å². The number of benzene rings is 1. The van der Waals surface area contributed by atoms with Crippen LogP contribution in [0.4, 0.5) is 5.69 Å². The lowest BCUT2D eigenvalue weighted by atomic mass is 10.1. The number of nitrogens with zero attached hydrogens (tertiary/aromatic N) is 1. The molecule has 1 aromatic carbocycles. The standard InChI is InChI=1S/C15H24N2O/c1-2-3-5-11-15(18)17(13-8-12-16)14-9-6-4-7-10-14/h4,6-7,9-10H,2-3,5,8,11-13,16H2,1H3. The van der Waals surface area contributed by atoms with E-state index in [9.17, 15) is 4.79 Å². The normalized spacial score (nSPS) is 10.3. The molecule has 1 rings (SSSR count). The van der Waals surface area contributed by atoms with Gasteiger partial charge in [-0.05, 0) is 31.5 Å². The predicted octanol–water partition coefficient (Wildman–Crippen LogP) is 2.95. The Bertz CT molecular complexity index is 338. The summed E-state index contributed by atoms with van der Waals surface area (Å²) in [5.41, 5.74) is 6.52. The van der Waals surface area contributed by atoms with Crippen LogP contribution in [0.25, 0.3) is 0 Å². The summed E-state index contributed by atoms with van der Waals surface area (Å²) in [5.74, 6) is 0.211. The van der Waals surface area contributed by atoms with Crippen LogP contribution in [0.5, 0.6) is 0 Å². The third kappa shape index (κ3) is 4.88. The molecule has 0 bridgehead atoms. The van der Waals surface area contributed by atoms with Crippen LogP contribution in [0.2, 0.25) is 0 Å². The first-order chi connectivity index (χ1) is 8.79. The van der Waals surface area contributed by atoms with Crippen molar-refractivity contribution in [3.05, 3.63) is 30.3 Å². The Labute approximate surface area is 110 Å². The highest BCUT2D eigenvalue weighted by Crippen LogP contribution is 2.16. The largest absolute Gasteiger partial charge is 0.330 e. The highest BCUT2D eigenvalue weighted by molar-refractivity contribution is 5.93. The summed E-state index contributed by atoms with van der Waals surface area (Å²) in [4.78, 5) is 14.1. The fourth-order valence-electron chi connectivity index (χ4n) is 1.92. The number of nitrogens with two attached hydrogens (primary N) is 1. The predicted molar refractivity (Wildman–Crippen MR) is 76.6 cm³/mol. The van der Waals surface area contributed by atoms with Gasteiger partial charge in [-0.25, -0.2) is 0 Å². The first-order valence-electron chi connectivity index (χ1n) is 6.85. The minimum absolute atomic E-state index is 0.211. The lowest BCUT2D eigenvalue weighted by Gasteiger charge is -2.22. The molecule has 0 heterocycles. The van der Waals surface area contributed by atoms with Crippen LogP contribution in [-0.4, -0.2) is 19.0 Å². The molecular formula is C15H24N2O. The highest BCUT2D eigenvalue weighted by atomic mass is 16.2. The quantitative estimate of drug-likeness (QED) is 0.719. The number of rotatable bonds is 8. The molecule has 1 amide bonds. The molecule has 3 nitrogen and oxygen atoms in total. The first kappa shape index (κ1) is 14.7. The Morgan fingerprint density at radius 2 is 1.89 bits per heavy atom. The highest BCUT2D eigenvalue weighted by Gasteiger charge is 2.14. The fourth-order valence-corrected chi connectivity index (χ4v) is 1.92. The molecule has 0 unspecified atom stereocenters. The molecule has 0 aliphatic carbocycles. The van der Waals surface area contributed by atoms with Crippen molar-refractivity contribution in [2.75, 3.05) is 18.0 Å². The molecule has 0 saturated carbocycles. The molecule has 0 spiro atoms. The molecule has 0 fully saturated rings. The summed E-state index contributed by atoms with van der Waals surface area (Å²) in [6, 6.07) is 9.85. The van der Waals surface area contributed by atoms with E-state index >= 15 is 0 Å². The lowest BCUT2D eigenvalue weighted by Crippen LogP contribution is -2.32. The van der Waals surface area contributed by atoms with Gasteiger partial charge in [-0.3, -0.25) is 4.79 Å². The number of carbonyl (C=O) groups is 1. The van der Waals surface area contributed by atoms with Gasteiger partial charge in [0, 0.05) is 18.7 Å². The Morgan fingerprint density at radius 3 is 2.50 bits per heavy atom. The van der Waals surface area contributed by atoms with Crippen molar-refractivity contribution in [1.29, 1.82) is 0 Å². The van der Waals surface area contributed by atoms with Gasteiger partial charge >= 0.3 is 0 Å². The summed E-state index contributed by atoms with van der Waals surface area (Å²) in [6.07, 6.45) is 4.70. The lowest BCUT2D eigenvalue weighted by molar-refractivity contribution is -0.118. The summed E-state index contributed by atoms with van der Waals surface area (Å²) >= 11 is 0. The van der Waals surface area contributed by atoms with Crippen LogP contribution < -0.4 is 10.6 Å². The second-order valence-electron chi connectivity index (χ2n) is 4.48. The molecule has 18 heavy (non-hydrogen) atoms. The molecule has 3 heteroatoms. The monoisotopic (exact) mass is 248 g/mol. The van der Waals surface area contributed by atoms with Crippen LogP contribution in [0.15, 0.2) is 30.3 Å². The average molecular weight is 248 g/mol. The van der Waals surface area contributed by atoms with Gasteiger partial charge in [0.25, 0.3) is 0 Å². The molecule has 0 saturated heterocycles. The molecule has 1 aromatic rings. The van der Waals surface area contributed by atoms with Crippen LogP contribution in [0.3, 0.4) is 0 Å². The maximum Gasteiger partial charge on any atom is 0.226 e. The van der Waals surface area contributed by atoms with Crippen molar-refractivity contribution < 1.29 is 4.79 Å². The fraction of sp³-hybridized carbons (Fsp3) is 0.533. The van der Waals surface area contributed by atoms with E-state index in [1.54, 1.807) is 0 Å². The van der Waals surface area contributed by atoms with E-state index in [1.807, 2.05) is 35.2 Å². The molecule has 100 valence electrons. The van der Waals surface area contributed by atoms with Crippen LogP contribution in [0, 0.1) is 0 Å². The van der Waals surface area contributed by atoms with E-state index in [2.05, 4.69) is 6.92 Å². The summed E-state index contributed by atoms with van der Waals surface area (Å²) in [5, 5.41) is 0. The molecule has 0 aliphatic rings. The number of hydrogen-bond acceptors (Lipinski definition) is 2. The molecule has 2 N–H and O–H groups in total. The zero-order chi connectivity index (χ0) is 13.2. The zero-order valence-corrected chi connectivity index (χ0v) is 11.3. The second-order valence-corrected chi connectivity index (χ2v) is 4.48. The molecule has 0 aliphatic heterocycles. The molecule has 0 atom stereocenters. The minimum atomic E-state index is 0.211. The molecule has 0 radical (unpaired) electrons. The maximum atomic E-state index is 12.2. The van der Waals surface area contributed by atoms with Gasteiger partial charge in [-0.1, -0.05) is 38.0 Å². The summed E-state index contributed by atoms with van der Waals surface area (Å²) in [6.45, 7) is 3.48. The van der Waals surface area contributed by atoms with Crippen molar-refractivity contribution in [1.82, 2.24) is 0 Å². The molecular weight excluding hydrogens is 224 g/mol. The van der Waals surface area contributed by atoms with Crippen molar-refractivity contribution in [2.45, 2.75) is 39.0 Å². The third-order valence-electron chi connectivity index (χ3n) is 2.95. The van der Waals surface area contributed by atoms with E-state index in [-0.39, 0.29) is 5.91 Å². The van der Waals surface area contributed by atoms with E-state index in [1.165, 1.54) is 0 Å². The number of carbonyl (C=O) groups excluding carboxylic acids is 1. The SMILES string of the molecule is CCCCCC(=O)N(CCCN)c1ccccc1. The molecule has 0 aromatic heterocycles. The van der Waals surface area contributed by atoms with Crippen LogP contribution in [0.1, 0.15) is 39.0 Å². The number of amides is 1. The Hall–Kier alpha value is -1.35. The Morgan fingerprint density at radius 1 is 1.17 bits per heavy atom. The van der Waals surface area contributed by atoms with Crippen molar-refractivity contribution in [3.63, 3.8) is 0 Å².